The van der Waals surface area contributed by atoms with E-state index in [-0.39, 0.29) is 0 Å². The number of nitrogens with one attached hydrogen (secondary N) is 2. The van der Waals surface area contributed by atoms with E-state index in [1.54, 1.807) is 0 Å². The molecule has 0 aromatic heterocycles. The van der Waals surface area contributed by atoms with Crippen LogP contribution in [-0.2, 0) is 22.6 Å². The first kappa shape index (κ1) is 27.0. The molecule has 210 valence electrons. The first-order valence-electron chi connectivity index (χ1n) is 14.8. The SMILES string of the molecule is c1ccc2c3c(ccc2c1)OCCOCCOCCOc1ccc2ccccc2c1CN[C@@H]1CCCC[C@H]1NC3. The van der Waals surface area contributed by atoms with Gasteiger partial charge in [0.1, 0.15) is 24.7 Å². The summed E-state index contributed by atoms with van der Waals surface area (Å²) in [6.45, 7) is 4.64. The third-order valence-electron chi connectivity index (χ3n) is 8.19. The molecule has 1 aliphatic carbocycles. The zero-order chi connectivity index (χ0) is 27.0. The van der Waals surface area contributed by atoms with E-state index >= 15 is 0 Å². The summed E-state index contributed by atoms with van der Waals surface area (Å²) in [5.41, 5.74) is 2.43. The molecule has 6 nitrogen and oxygen atoms in total. The smallest absolute Gasteiger partial charge is 0.124 e. The summed E-state index contributed by atoms with van der Waals surface area (Å²) in [6.07, 6.45) is 4.80. The van der Waals surface area contributed by atoms with Crippen LogP contribution >= 0.6 is 0 Å². The lowest BCUT2D eigenvalue weighted by atomic mass is 9.89. The minimum Gasteiger partial charge on any atom is -0.491 e. The molecule has 2 atom stereocenters. The van der Waals surface area contributed by atoms with Crippen LogP contribution in [-0.4, -0.2) is 51.7 Å². The van der Waals surface area contributed by atoms with Crippen LogP contribution in [0.3, 0.4) is 0 Å². The molecule has 0 saturated heterocycles. The summed E-state index contributed by atoms with van der Waals surface area (Å²) < 4.78 is 24.1. The topological polar surface area (TPSA) is 61.0 Å². The van der Waals surface area contributed by atoms with E-state index in [0.717, 1.165) is 37.4 Å². The molecule has 0 radical (unpaired) electrons. The lowest BCUT2D eigenvalue weighted by Crippen LogP contribution is -2.49. The Kier molecular flexibility index (Phi) is 9.10. The van der Waals surface area contributed by atoms with Crippen molar-refractivity contribution >= 4 is 21.5 Å². The summed E-state index contributed by atoms with van der Waals surface area (Å²) in [5.74, 6) is 1.86. The highest BCUT2D eigenvalue weighted by atomic mass is 16.6. The Hall–Kier alpha value is -3.16. The Labute approximate surface area is 237 Å². The predicted octanol–water partition coefficient (Wildman–Crippen LogP) is 5.99. The van der Waals surface area contributed by atoms with Crippen LogP contribution in [0.25, 0.3) is 21.5 Å². The molecule has 40 heavy (non-hydrogen) atoms. The third-order valence-corrected chi connectivity index (χ3v) is 8.19. The largest absolute Gasteiger partial charge is 0.491 e. The Balaban J connectivity index is 1.27. The van der Waals surface area contributed by atoms with Crippen molar-refractivity contribution in [2.75, 3.05) is 39.6 Å². The summed E-state index contributed by atoms with van der Waals surface area (Å²) in [5, 5.41) is 12.8. The van der Waals surface area contributed by atoms with Gasteiger partial charge in [-0.1, -0.05) is 73.5 Å². The highest BCUT2D eigenvalue weighted by Gasteiger charge is 2.25. The maximum Gasteiger partial charge on any atom is 0.124 e. The normalized spacial score (nSPS) is 21.8. The van der Waals surface area contributed by atoms with Crippen molar-refractivity contribution in [1.29, 1.82) is 0 Å². The lowest BCUT2D eigenvalue weighted by molar-refractivity contribution is 0.0272. The number of hydrogen-bond donors (Lipinski definition) is 2. The van der Waals surface area contributed by atoms with Gasteiger partial charge in [0.2, 0.25) is 0 Å². The monoisotopic (exact) mass is 540 g/mol. The van der Waals surface area contributed by atoms with E-state index in [1.165, 1.54) is 45.5 Å². The summed E-state index contributed by atoms with van der Waals surface area (Å²) >= 11 is 0. The molecule has 0 unspecified atom stereocenters. The van der Waals surface area contributed by atoms with Gasteiger partial charge in [-0.2, -0.15) is 0 Å². The van der Waals surface area contributed by atoms with E-state index < -0.39 is 0 Å². The molecule has 1 heterocycles. The minimum atomic E-state index is 0.377. The second-order valence-corrected chi connectivity index (χ2v) is 10.7. The molecule has 4 aromatic carbocycles. The van der Waals surface area contributed by atoms with Gasteiger partial charge >= 0.3 is 0 Å². The Morgan fingerprint density at radius 2 is 0.950 bits per heavy atom. The molecule has 1 saturated carbocycles. The highest BCUT2D eigenvalue weighted by Crippen LogP contribution is 2.31. The molecule has 6 rings (SSSR count). The molecule has 4 aromatic rings. The number of hydrogen-bond acceptors (Lipinski definition) is 6. The maximum atomic E-state index is 6.25. The standard InChI is InChI=1S/C34H40N2O4/c1-3-9-27-25(7-1)13-15-33-29(27)23-35-31-11-5-6-12-32(31)36-24-30-28-10-4-2-8-26(28)14-16-34(30)40-22-20-38-18-17-37-19-21-39-33/h1-4,7-10,13-16,31-32,35-36H,5-6,11-12,17-24H2/t31-,32-/m1/s1. The maximum absolute atomic E-state index is 6.25. The van der Waals surface area contributed by atoms with Crippen molar-refractivity contribution in [2.45, 2.75) is 50.9 Å². The van der Waals surface area contributed by atoms with Crippen molar-refractivity contribution in [2.24, 2.45) is 0 Å². The van der Waals surface area contributed by atoms with Crippen molar-refractivity contribution in [1.82, 2.24) is 10.6 Å². The second-order valence-electron chi connectivity index (χ2n) is 10.7. The van der Waals surface area contributed by atoms with Crippen LogP contribution in [0.1, 0.15) is 36.8 Å². The highest BCUT2D eigenvalue weighted by molar-refractivity contribution is 5.88. The summed E-state index contributed by atoms with van der Waals surface area (Å²) in [7, 11) is 0. The van der Waals surface area contributed by atoms with Gasteiger partial charge in [-0.25, -0.2) is 0 Å². The molecule has 1 fully saturated rings. The number of fused-ring (bicyclic) bond motifs is 7. The zero-order valence-corrected chi connectivity index (χ0v) is 23.2. The molecular weight excluding hydrogens is 500 g/mol. The van der Waals surface area contributed by atoms with Crippen molar-refractivity contribution in [3.63, 3.8) is 0 Å². The van der Waals surface area contributed by atoms with Gasteiger partial charge in [-0.3, -0.25) is 0 Å². The Bertz CT molecular complexity index is 1300. The fraction of sp³-hybridized carbons (Fsp3) is 0.412. The van der Waals surface area contributed by atoms with Gasteiger partial charge in [0.15, 0.2) is 0 Å². The molecule has 0 spiro atoms. The van der Waals surface area contributed by atoms with E-state index in [0.29, 0.717) is 51.7 Å². The lowest BCUT2D eigenvalue weighted by Gasteiger charge is -2.34. The molecule has 0 bridgehead atoms. The summed E-state index contributed by atoms with van der Waals surface area (Å²) in [6, 6.07) is 26.4. The van der Waals surface area contributed by atoms with Gasteiger partial charge in [0.25, 0.3) is 0 Å². The first-order chi connectivity index (χ1) is 19.9. The average molecular weight is 541 g/mol. The van der Waals surface area contributed by atoms with Crippen LogP contribution in [0.5, 0.6) is 11.5 Å². The molecule has 2 aliphatic rings. The van der Waals surface area contributed by atoms with Crippen LogP contribution in [0, 0.1) is 0 Å². The fourth-order valence-corrected chi connectivity index (χ4v) is 6.10. The number of rotatable bonds is 0. The molecule has 6 heteroatoms. The van der Waals surface area contributed by atoms with Gasteiger partial charge in [-0.15, -0.1) is 0 Å². The van der Waals surface area contributed by atoms with E-state index in [1.807, 2.05) is 0 Å². The van der Waals surface area contributed by atoms with Gasteiger partial charge in [0, 0.05) is 36.3 Å². The van der Waals surface area contributed by atoms with Gasteiger partial charge in [-0.05, 0) is 46.5 Å². The van der Waals surface area contributed by atoms with Crippen molar-refractivity contribution in [3.05, 3.63) is 83.9 Å². The van der Waals surface area contributed by atoms with Gasteiger partial charge < -0.3 is 29.6 Å². The molecule has 1 aliphatic heterocycles. The second kappa shape index (κ2) is 13.5. The van der Waals surface area contributed by atoms with E-state index in [9.17, 15) is 0 Å². The fourth-order valence-electron chi connectivity index (χ4n) is 6.10. The minimum absolute atomic E-state index is 0.377. The Morgan fingerprint density at radius 3 is 1.45 bits per heavy atom. The predicted molar refractivity (Wildman–Crippen MR) is 160 cm³/mol. The third kappa shape index (κ3) is 6.42. The van der Waals surface area contributed by atoms with Crippen LogP contribution in [0.15, 0.2) is 72.8 Å². The van der Waals surface area contributed by atoms with Crippen molar-refractivity contribution in [3.8, 4) is 11.5 Å². The zero-order valence-electron chi connectivity index (χ0n) is 23.2. The first-order valence-corrected chi connectivity index (χ1v) is 14.8. The van der Waals surface area contributed by atoms with Gasteiger partial charge in [0.05, 0.1) is 26.4 Å². The van der Waals surface area contributed by atoms with Crippen LogP contribution < -0.4 is 20.1 Å². The molecular formula is C34H40N2O4. The molecule has 2 N–H and O–H groups in total. The quantitative estimate of drug-likeness (QED) is 0.286. The van der Waals surface area contributed by atoms with Crippen molar-refractivity contribution < 1.29 is 18.9 Å². The van der Waals surface area contributed by atoms with E-state index in [4.69, 9.17) is 18.9 Å². The van der Waals surface area contributed by atoms with Crippen LogP contribution in [0.4, 0.5) is 0 Å². The Morgan fingerprint density at radius 1 is 0.500 bits per heavy atom. The summed E-state index contributed by atoms with van der Waals surface area (Å²) in [4.78, 5) is 0. The number of ether oxygens (including phenoxy) is 4. The average Bonchev–Trinajstić information content (AvgIpc) is 3.00. The van der Waals surface area contributed by atoms with E-state index in [2.05, 4.69) is 83.4 Å². The van der Waals surface area contributed by atoms with Crippen LogP contribution in [0.2, 0.25) is 0 Å². The molecule has 0 amide bonds. The number of benzene rings is 4.